The lowest BCUT2D eigenvalue weighted by molar-refractivity contribution is -0.384. The second-order valence-corrected chi connectivity index (χ2v) is 7.41. The lowest BCUT2D eigenvalue weighted by Gasteiger charge is -2.45. The first-order valence-electron chi connectivity index (χ1n) is 9.40. The van der Waals surface area contributed by atoms with Crippen molar-refractivity contribution >= 4 is 23.0 Å². The molecule has 7 heteroatoms. The van der Waals surface area contributed by atoms with Gasteiger partial charge in [0.1, 0.15) is 0 Å². The topological polar surface area (TPSA) is 98.3 Å². The maximum absolute atomic E-state index is 13.3. The zero-order chi connectivity index (χ0) is 20.2. The van der Waals surface area contributed by atoms with Crippen molar-refractivity contribution in [2.75, 3.05) is 5.43 Å². The fourth-order valence-electron chi connectivity index (χ4n) is 4.60. The molecule has 1 saturated heterocycles. The van der Waals surface area contributed by atoms with Crippen LogP contribution in [0.15, 0.2) is 72.8 Å². The summed E-state index contributed by atoms with van der Waals surface area (Å²) in [5.41, 5.74) is 13.4. The number of rotatable bonds is 5. The van der Waals surface area contributed by atoms with Crippen molar-refractivity contribution in [3.63, 3.8) is 0 Å². The summed E-state index contributed by atoms with van der Waals surface area (Å²) in [7, 11) is 0. The van der Waals surface area contributed by atoms with E-state index in [0.29, 0.717) is 6.54 Å². The van der Waals surface area contributed by atoms with E-state index in [1.807, 2.05) is 54.6 Å². The Labute approximate surface area is 167 Å². The predicted molar refractivity (Wildman–Crippen MR) is 110 cm³/mol. The molecule has 2 bridgehead atoms. The minimum absolute atomic E-state index is 0.00237. The zero-order valence-electron chi connectivity index (χ0n) is 15.5. The highest BCUT2D eigenvalue weighted by atomic mass is 16.6. The largest absolute Gasteiger partial charge is 0.357 e. The van der Waals surface area contributed by atoms with Crippen molar-refractivity contribution in [2.24, 2.45) is 5.73 Å². The zero-order valence-corrected chi connectivity index (χ0v) is 15.5. The Morgan fingerprint density at radius 2 is 1.76 bits per heavy atom. The highest BCUT2D eigenvalue weighted by Crippen LogP contribution is 2.64. The van der Waals surface area contributed by atoms with Crippen LogP contribution >= 0.6 is 0 Å². The van der Waals surface area contributed by atoms with E-state index in [9.17, 15) is 14.9 Å². The maximum atomic E-state index is 13.3. The molecule has 5 rings (SSSR count). The van der Waals surface area contributed by atoms with Gasteiger partial charge in [-0.25, -0.2) is 10.2 Å². The number of carbonyl (C=O) groups excluding carboxylic acids is 1. The highest BCUT2D eigenvalue weighted by Gasteiger charge is 2.75. The Morgan fingerprint density at radius 1 is 1.03 bits per heavy atom. The van der Waals surface area contributed by atoms with Gasteiger partial charge in [0.25, 0.3) is 5.69 Å². The van der Waals surface area contributed by atoms with Gasteiger partial charge in [-0.15, -0.1) is 4.59 Å². The molecule has 3 N–H and O–H groups in total. The van der Waals surface area contributed by atoms with Crippen molar-refractivity contribution in [2.45, 2.75) is 18.5 Å². The summed E-state index contributed by atoms with van der Waals surface area (Å²) < 4.78 is -0.0655. The number of β-lactam (4-membered cyclic amide) rings is 1. The van der Waals surface area contributed by atoms with Crippen LogP contribution in [0.4, 0.5) is 17.1 Å². The molecule has 3 aromatic carbocycles. The summed E-state index contributed by atoms with van der Waals surface area (Å²) in [4.78, 5) is 24.2. The molecule has 144 valence electrons. The number of fused-ring (bicyclic) bond motifs is 5. The number of hydrogen-bond donors (Lipinski definition) is 2. The third-order valence-corrected chi connectivity index (χ3v) is 5.92. The minimum Gasteiger partial charge on any atom is -0.326 e. The lowest BCUT2D eigenvalue weighted by atomic mass is 9.83. The van der Waals surface area contributed by atoms with E-state index >= 15 is 0 Å². The predicted octanol–water partition coefficient (Wildman–Crippen LogP) is 3.77. The normalized spacial score (nSPS) is 24.0. The van der Waals surface area contributed by atoms with Gasteiger partial charge in [0.15, 0.2) is 17.6 Å². The standard InChI is InChI=1S/C22H19N4O3/c23-13-14-6-8-16(9-7-14)24-26-19-11-10-17(25(28)29)12-18(19)20(22(26)27)21(26)15-4-2-1-3-5-15/h1-12,20-21,24H,13,23H2/q+1. The van der Waals surface area contributed by atoms with Gasteiger partial charge in [-0.1, -0.05) is 42.5 Å². The molecular formula is C22H19N4O3+. The first kappa shape index (κ1) is 17.5. The molecule has 3 aromatic rings. The van der Waals surface area contributed by atoms with Crippen LogP contribution in [0.1, 0.15) is 28.7 Å². The first-order valence-corrected chi connectivity index (χ1v) is 9.40. The molecule has 2 aliphatic heterocycles. The molecule has 1 amide bonds. The van der Waals surface area contributed by atoms with E-state index in [2.05, 4.69) is 5.43 Å². The molecule has 1 fully saturated rings. The van der Waals surface area contributed by atoms with Gasteiger partial charge in [-0.2, -0.15) is 0 Å². The molecule has 0 spiro atoms. The number of non-ortho nitro benzene ring substituents is 1. The van der Waals surface area contributed by atoms with Crippen LogP contribution in [0.2, 0.25) is 0 Å². The Kier molecular flexibility index (Phi) is 3.77. The maximum Gasteiger partial charge on any atom is 0.357 e. The number of anilines is 1. The van der Waals surface area contributed by atoms with Crippen LogP contribution in [-0.4, -0.2) is 10.8 Å². The van der Waals surface area contributed by atoms with E-state index < -0.39 is 10.8 Å². The van der Waals surface area contributed by atoms with Crippen LogP contribution in [-0.2, 0) is 11.3 Å². The van der Waals surface area contributed by atoms with Gasteiger partial charge >= 0.3 is 5.91 Å². The number of hydrogen-bond acceptors (Lipinski definition) is 5. The van der Waals surface area contributed by atoms with Crippen molar-refractivity contribution in [3.8, 4) is 0 Å². The van der Waals surface area contributed by atoms with Crippen LogP contribution in [0, 0.1) is 10.1 Å². The minimum atomic E-state index is -0.420. The molecule has 3 atom stereocenters. The number of carbonyl (C=O) groups is 1. The fourth-order valence-corrected chi connectivity index (χ4v) is 4.60. The molecule has 29 heavy (non-hydrogen) atoms. The quantitative estimate of drug-likeness (QED) is 0.301. The van der Waals surface area contributed by atoms with E-state index in [0.717, 1.165) is 28.1 Å². The molecule has 0 aliphatic carbocycles. The SMILES string of the molecule is NCc1ccc(N[N+]23C(=O)C(c4cc([N+](=O)[O-])ccc42)C3c2ccccc2)cc1. The average molecular weight is 387 g/mol. The van der Waals surface area contributed by atoms with E-state index in [-0.39, 0.29) is 22.2 Å². The summed E-state index contributed by atoms with van der Waals surface area (Å²) in [6, 6.07) is 22.0. The average Bonchev–Trinajstić information content (AvgIpc) is 3.18. The van der Waals surface area contributed by atoms with Crippen LogP contribution in [0.3, 0.4) is 0 Å². The van der Waals surface area contributed by atoms with Gasteiger partial charge in [0, 0.05) is 35.9 Å². The molecule has 2 heterocycles. The molecular weight excluding hydrogens is 368 g/mol. The van der Waals surface area contributed by atoms with Crippen LogP contribution < -0.4 is 15.8 Å². The Balaban J connectivity index is 1.65. The third-order valence-electron chi connectivity index (χ3n) is 5.92. The molecule has 2 aliphatic rings. The van der Waals surface area contributed by atoms with Gasteiger partial charge in [0.2, 0.25) is 0 Å². The Bertz CT molecular complexity index is 1130. The van der Waals surface area contributed by atoms with Gasteiger partial charge in [-0.05, 0) is 17.7 Å². The number of nitrogens with two attached hydrogens (primary N) is 1. The van der Waals surface area contributed by atoms with Gasteiger partial charge in [-0.3, -0.25) is 10.1 Å². The number of nitrogens with zero attached hydrogens (tertiary/aromatic N) is 2. The summed E-state index contributed by atoms with van der Waals surface area (Å²) in [6.45, 7) is 0.445. The van der Waals surface area contributed by atoms with Gasteiger partial charge in [0.05, 0.1) is 10.6 Å². The lowest BCUT2D eigenvalue weighted by Crippen LogP contribution is -2.68. The van der Waals surface area contributed by atoms with E-state index in [4.69, 9.17) is 5.73 Å². The van der Waals surface area contributed by atoms with Crippen molar-refractivity contribution < 1.29 is 9.72 Å². The Morgan fingerprint density at radius 3 is 2.41 bits per heavy atom. The number of amides is 1. The summed E-state index contributed by atoms with van der Waals surface area (Å²) in [5.74, 6) is -0.402. The second-order valence-electron chi connectivity index (χ2n) is 7.41. The number of nitro benzene ring substituents is 1. The molecule has 0 radical (unpaired) electrons. The molecule has 7 nitrogen and oxygen atoms in total. The fraction of sp³-hybridized carbons (Fsp3) is 0.136. The number of nitrogens with one attached hydrogen (secondary N) is 1. The number of quaternary nitrogens is 1. The van der Waals surface area contributed by atoms with Crippen molar-refractivity contribution in [1.82, 2.24) is 4.59 Å². The van der Waals surface area contributed by atoms with E-state index in [1.54, 1.807) is 12.1 Å². The van der Waals surface area contributed by atoms with Crippen LogP contribution in [0.5, 0.6) is 0 Å². The summed E-state index contributed by atoms with van der Waals surface area (Å²) >= 11 is 0. The molecule has 3 unspecified atom stereocenters. The summed E-state index contributed by atoms with van der Waals surface area (Å²) in [5, 5.41) is 11.3. The number of benzene rings is 3. The molecule has 0 aromatic heterocycles. The highest BCUT2D eigenvalue weighted by molar-refractivity contribution is 6.10. The monoisotopic (exact) mass is 387 g/mol. The van der Waals surface area contributed by atoms with Gasteiger partial charge < -0.3 is 5.73 Å². The van der Waals surface area contributed by atoms with Crippen molar-refractivity contribution in [3.05, 3.63) is 99.6 Å². The van der Waals surface area contributed by atoms with Crippen molar-refractivity contribution in [1.29, 1.82) is 0 Å². The first-order chi connectivity index (χ1) is 14.1. The Hall–Kier alpha value is -3.55. The van der Waals surface area contributed by atoms with Crippen LogP contribution in [0.25, 0.3) is 0 Å². The second kappa shape index (κ2) is 6.23. The number of nitro groups is 1. The smallest absolute Gasteiger partial charge is 0.326 e. The molecule has 0 saturated carbocycles. The summed E-state index contributed by atoms with van der Waals surface area (Å²) in [6.07, 6.45) is 0. The third kappa shape index (κ3) is 2.35. The van der Waals surface area contributed by atoms with E-state index in [1.165, 1.54) is 6.07 Å².